The molecule has 0 aliphatic heterocycles. The minimum absolute atomic E-state index is 0.689. The Labute approximate surface area is 102 Å². The maximum absolute atomic E-state index is 4.49. The van der Waals surface area contributed by atoms with Gasteiger partial charge in [0.1, 0.15) is 6.33 Å². The third kappa shape index (κ3) is 1.29. The summed E-state index contributed by atoms with van der Waals surface area (Å²) in [5, 5.41) is 7.88. The number of pyridine rings is 1. The van der Waals surface area contributed by atoms with Crippen LogP contribution in [0.15, 0.2) is 49.3 Å². The molecule has 0 saturated heterocycles. The van der Waals surface area contributed by atoms with E-state index in [4.69, 9.17) is 0 Å². The topological polar surface area (TPSA) is 60.4 Å². The molecule has 4 rings (SSSR count). The summed E-state index contributed by atoms with van der Waals surface area (Å²) in [5.41, 5.74) is 2.68. The van der Waals surface area contributed by atoms with Gasteiger partial charge < -0.3 is 0 Å². The molecule has 18 heavy (non-hydrogen) atoms. The molecular formula is C12H8N6. The monoisotopic (exact) mass is 236 g/mol. The number of hydrogen-bond acceptors (Lipinski definition) is 4. The molecule has 4 aromatic rings. The van der Waals surface area contributed by atoms with Crippen molar-refractivity contribution in [3.05, 3.63) is 49.3 Å². The second kappa shape index (κ2) is 3.36. The van der Waals surface area contributed by atoms with Crippen LogP contribution >= 0.6 is 0 Å². The zero-order valence-corrected chi connectivity index (χ0v) is 9.30. The average Bonchev–Trinajstić information content (AvgIpc) is 3.05. The van der Waals surface area contributed by atoms with Gasteiger partial charge in [-0.1, -0.05) is 0 Å². The molecule has 6 nitrogen and oxygen atoms in total. The molecule has 0 bridgehead atoms. The van der Waals surface area contributed by atoms with Crippen molar-refractivity contribution >= 4 is 11.4 Å². The second-order valence-corrected chi connectivity index (χ2v) is 3.96. The molecule has 0 saturated carbocycles. The highest BCUT2D eigenvalue weighted by Gasteiger charge is 2.04. The van der Waals surface area contributed by atoms with Gasteiger partial charge >= 0.3 is 0 Å². The third-order valence-corrected chi connectivity index (χ3v) is 2.86. The lowest BCUT2D eigenvalue weighted by molar-refractivity contribution is 1.10. The van der Waals surface area contributed by atoms with Crippen LogP contribution in [-0.2, 0) is 0 Å². The van der Waals surface area contributed by atoms with Crippen LogP contribution in [0.1, 0.15) is 0 Å². The van der Waals surface area contributed by atoms with Gasteiger partial charge in [0.25, 0.3) is 0 Å². The SMILES string of the molecule is c1cn2ccc(-c3ccn4cnnc4c3)nc2n1. The van der Waals surface area contributed by atoms with E-state index in [1.165, 1.54) is 0 Å². The van der Waals surface area contributed by atoms with Crippen molar-refractivity contribution in [1.82, 2.24) is 29.0 Å². The number of fused-ring (bicyclic) bond motifs is 2. The summed E-state index contributed by atoms with van der Waals surface area (Å²) in [4.78, 5) is 8.67. The predicted molar refractivity (Wildman–Crippen MR) is 65.0 cm³/mol. The summed E-state index contributed by atoms with van der Waals surface area (Å²) in [5.74, 6) is 0.689. The molecule has 6 heteroatoms. The largest absolute Gasteiger partial charge is 0.291 e. The molecule has 0 aliphatic rings. The maximum Gasteiger partial charge on any atom is 0.234 e. The van der Waals surface area contributed by atoms with Crippen LogP contribution in [0.4, 0.5) is 0 Å². The molecule has 0 atom stereocenters. The van der Waals surface area contributed by atoms with E-state index in [-0.39, 0.29) is 0 Å². The fourth-order valence-electron chi connectivity index (χ4n) is 1.94. The van der Waals surface area contributed by atoms with E-state index < -0.39 is 0 Å². The zero-order chi connectivity index (χ0) is 11.9. The first-order chi connectivity index (χ1) is 8.90. The Morgan fingerprint density at radius 1 is 1.00 bits per heavy atom. The van der Waals surface area contributed by atoms with Crippen molar-refractivity contribution in [2.24, 2.45) is 0 Å². The molecule has 4 aromatic heterocycles. The number of rotatable bonds is 1. The third-order valence-electron chi connectivity index (χ3n) is 2.86. The van der Waals surface area contributed by atoms with Crippen LogP contribution in [0.2, 0.25) is 0 Å². The molecule has 0 aromatic carbocycles. The quantitative estimate of drug-likeness (QED) is 0.501. The van der Waals surface area contributed by atoms with Crippen molar-refractivity contribution < 1.29 is 0 Å². The van der Waals surface area contributed by atoms with E-state index in [2.05, 4.69) is 20.2 Å². The fraction of sp³-hybridized carbons (Fsp3) is 0. The van der Waals surface area contributed by atoms with Gasteiger partial charge in [-0.05, 0) is 18.2 Å². The first kappa shape index (κ1) is 9.29. The molecule has 0 unspecified atom stereocenters. The number of aromatic nitrogens is 6. The van der Waals surface area contributed by atoms with Gasteiger partial charge in [-0.15, -0.1) is 10.2 Å². The first-order valence-electron chi connectivity index (χ1n) is 5.50. The summed E-state index contributed by atoms with van der Waals surface area (Å²) in [6.45, 7) is 0. The Hall–Kier alpha value is -2.76. The number of imidazole rings is 1. The lowest BCUT2D eigenvalue weighted by atomic mass is 10.2. The van der Waals surface area contributed by atoms with Crippen LogP contribution in [0.5, 0.6) is 0 Å². The summed E-state index contributed by atoms with van der Waals surface area (Å²) < 4.78 is 3.73. The van der Waals surface area contributed by atoms with E-state index in [1.54, 1.807) is 12.5 Å². The van der Waals surface area contributed by atoms with Crippen molar-refractivity contribution in [3.63, 3.8) is 0 Å². The van der Waals surface area contributed by atoms with Gasteiger partial charge in [0.15, 0.2) is 5.65 Å². The molecule has 4 heterocycles. The molecule has 0 amide bonds. The highest BCUT2D eigenvalue weighted by atomic mass is 15.2. The Morgan fingerprint density at radius 2 is 1.94 bits per heavy atom. The van der Waals surface area contributed by atoms with Gasteiger partial charge in [-0.2, -0.15) is 0 Å². The second-order valence-electron chi connectivity index (χ2n) is 3.96. The minimum Gasteiger partial charge on any atom is -0.291 e. The van der Waals surface area contributed by atoms with E-state index in [9.17, 15) is 0 Å². The van der Waals surface area contributed by atoms with Crippen LogP contribution in [0.3, 0.4) is 0 Å². The molecule has 0 fully saturated rings. The van der Waals surface area contributed by atoms with E-state index >= 15 is 0 Å². The van der Waals surface area contributed by atoms with Gasteiger partial charge in [-0.25, -0.2) is 9.97 Å². The van der Waals surface area contributed by atoms with Crippen LogP contribution in [0.25, 0.3) is 22.7 Å². The van der Waals surface area contributed by atoms with Crippen molar-refractivity contribution in [3.8, 4) is 11.3 Å². The van der Waals surface area contributed by atoms with Crippen LogP contribution < -0.4 is 0 Å². The van der Waals surface area contributed by atoms with Gasteiger partial charge in [0, 0.05) is 30.4 Å². The standard InChI is InChI=1S/C12H8N6/c1-4-18-8-14-16-11(18)7-9(1)10-2-5-17-6-3-13-12(17)15-10/h1-8H. The summed E-state index contributed by atoms with van der Waals surface area (Å²) >= 11 is 0. The molecule has 86 valence electrons. The normalized spacial score (nSPS) is 11.3. The maximum atomic E-state index is 4.49. The minimum atomic E-state index is 0.689. The van der Waals surface area contributed by atoms with E-state index in [1.807, 2.05) is 45.6 Å². The number of hydrogen-bond donors (Lipinski definition) is 0. The zero-order valence-electron chi connectivity index (χ0n) is 9.30. The van der Waals surface area contributed by atoms with Crippen molar-refractivity contribution in [1.29, 1.82) is 0 Å². The Kier molecular flexibility index (Phi) is 1.74. The number of nitrogens with zero attached hydrogens (tertiary/aromatic N) is 6. The van der Waals surface area contributed by atoms with Crippen molar-refractivity contribution in [2.45, 2.75) is 0 Å². The molecule has 0 radical (unpaired) electrons. The molecule has 0 aliphatic carbocycles. The smallest absolute Gasteiger partial charge is 0.234 e. The molecule has 0 spiro atoms. The lowest BCUT2D eigenvalue weighted by Crippen LogP contribution is -1.91. The highest BCUT2D eigenvalue weighted by Crippen LogP contribution is 2.18. The Balaban J connectivity index is 1.93. The van der Waals surface area contributed by atoms with Gasteiger partial charge in [-0.3, -0.25) is 8.80 Å². The van der Waals surface area contributed by atoms with Crippen LogP contribution in [-0.4, -0.2) is 29.0 Å². The summed E-state index contributed by atoms with van der Waals surface area (Å²) in [7, 11) is 0. The van der Waals surface area contributed by atoms with E-state index in [0.29, 0.717) is 5.78 Å². The molecule has 0 N–H and O–H groups in total. The average molecular weight is 236 g/mol. The Morgan fingerprint density at radius 3 is 2.94 bits per heavy atom. The van der Waals surface area contributed by atoms with Gasteiger partial charge in [0.05, 0.1) is 5.69 Å². The van der Waals surface area contributed by atoms with Crippen LogP contribution in [0, 0.1) is 0 Å². The summed E-state index contributed by atoms with van der Waals surface area (Å²) in [6.07, 6.45) is 9.13. The van der Waals surface area contributed by atoms with Crippen molar-refractivity contribution in [2.75, 3.05) is 0 Å². The highest BCUT2D eigenvalue weighted by molar-refractivity contribution is 5.64. The summed E-state index contributed by atoms with van der Waals surface area (Å²) in [6, 6.07) is 5.89. The first-order valence-corrected chi connectivity index (χ1v) is 5.50. The lowest BCUT2D eigenvalue weighted by Gasteiger charge is -2.01. The fourth-order valence-corrected chi connectivity index (χ4v) is 1.94. The Bertz CT molecular complexity index is 772. The molecular weight excluding hydrogens is 228 g/mol. The predicted octanol–water partition coefficient (Wildman–Crippen LogP) is 1.44. The van der Waals surface area contributed by atoms with E-state index in [0.717, 1.165) is 16.9 Å². The van der Waals surface area contributed by atoms with Gasteiger partial charge in [0.2, 0.25) is 5.78 Å².